The molecule has 23 heavy (non-hydrogen) atoms. The first-order chi connectivity index (χ1) is 10.9. The van der Waals surface area contributed by atoms with Crippen LogP contribution in [0.15, 0.2) is 24.3 Å². The standard InChI is InChI=1S/C17H23N3O3/c1-11(2)16(18-12(3)21)17(23)19-13-6-8-14(9-7-13)20-10-4-5-15(20)22/h6-9,11,16H,4-5,10H2,1-3H3,(H,18,21)(H,19,23)/t16-/m0/s1. The van der Waals surface area contributed by atoms with Gasteiger partial charge in [0.25, 0.3) is 0 Å². The van der Waals surface area contributed by atoms with Gasteiger partial charge in [-0.2, -0.15) is 0 Å². The minimum atomic E-state index is -0.577. The summed E-state index contributed by atoms with van der Waals surface area (Å²) in [5.41, 5.74) is 1.48. The fourth-order valence-corrected chi connectivity index (χ4v) is 2.62. The third-order valence-electron chi connectivity index (χ3n) is 3.83. The number of nitrogens with one attached hydrogen (secondary N) is 2. The van der Waals surface area contributed by atoms with E-state index in [4.69, 9.17) is 0 Å². The number of nitrogens with zero attached hydrogens (tertiary/aromatic N) is 1. The van der Waals surface area contributed by atoms with E-state index in [0.717, 1.165) is 18.7 Å². The molecular weight excluding hydrogens is 294 g/mol. The molecule has 1 atom stereocenters. The second-order valence-electron chi connectivity index (χ2n) is 6.11. The molecule has 0 aliphatic carbocycles. The molecule has 1 fully saturated rings. The molecular formula is C17H23N3O3. The quantitative estimate of drug-likeness (QED) is 0.871. The van der Waals surface area contributed by atoms with Gasteiger partial charge in [-0.1, -0.05) is 13.8 Å². The predicted octanol–water partition coefficient (Wildman–Crippen LogP) is 1.91. The number of benzene rings is 1. The van der Waals surface area contributed by atoms with Gasteiger partial charge in [-0.25, -0.2) is 0 Å². The van der Waals surface area contributed by atoms with Crippen molar-refractivity contribution in [3.05, 3.63) is 24.3 Å². The summed E-state index contributed by atoms with van der Waals surface area (Å²) in [6.45, 7) is 5.89. The smallest absolute Gasteiger partial charge is 0.247 e. The zero-order valence-electron chi connectivity index (χ0n) is 13.8. The predicted molar refractivity (Wildman–Crippen MR) is 89.1 cm³/mol. The maximum atomic E-state index is 12.3. The number of hydrogen-bond acceptors (Lipinski definition) is 3. The monoisotopic (exact) mass is 317 g/mol. The Morgan fingerprint density at radius 3 is 2.30 bits per heavy atom. The van der Waals surface area contributed by atoms with E-state index >= 15 is 0 Å². The van der Waals surface area contributed by atoms with Crippen LogP contribution in [0.1, 0.15) is 33.6 Å². The van der Waals surface area contributed by atoms with Crippen LogP contribution in [0, 0.1) is 5.92 Å². The molecule has 1 aromatic carbocycles. The average molecular weight is 317 g/mol. The van der Waals surface area contributed by atoms with Gasteiger partial charge in [0, 0.05) is 31.3 Å². The van der Waals surface area contributed by atoms with Gasteiger partial charge < -0.3 is 15.5 Å². The van der Waals surface area contributed by atoms with Crippen molar-refractivity contribution in [2.24, 2.45) is 5.92 Å². The molecule has 1 saturated heterocycles. The van der Waals surface area contributed by atoms with Crippen LogP contribution in [-0.2, 0) is 14.4 Å². The van der Waals surface area contributed by atoms with Crippen LogP contribution in [0.4, 0.5) is 11.4 Å². The molecule has 1 aromatic rings. The molecule has 0 saturated carbocycles. The summed E-state index contributed by atoms with van der Waals surface area (Å²) in [5.74, 6) is -0.366. The number of hydrogen-bond donors (Lipinski definition) is 2. The van der Waals surface area contributed by atoms with Gasteiger partial charge in [0.05, 0.1) is 0 Å². The Labute approximate surface area is 136 Å². The number of rotatable bonds is 5. The summed E-state index contributed by atoms with van der Waals surface area (Å²) in [5, 5.41) is 5.46. The van der Waals surface area contributed by atoms with Gasteiger partial charge >= 0.3 is 0 Å². The van der Waals surface area contributed by atoms with E-state index in [-0.39, 0.29) is 23.6 Å². The summed E-state index contributed by atoms with van der Waals surface area (Å²) in [4.78, 5) is 37.0. The van der Waals surface area contributed by atoms with Crippen LogP contribution in [0.3, 0.4) is 0 Å². The van der Waals surface area contributed by atoms with E-state index in [1.807, 2.05) is 26.0 Å². The molecule has 6 heteroatoms. The van der Waals surface area contributed by atoms with Crippen LogP contribution in [0.2, 0.25) is 0 Å². The molecule has 1 aliphatic rings. The van der Waals surface area contributed by atoms with E-state index in [2.05, 4.69) is 10.6 Å². The maximum absolute atomic E-state index is 12.3. The summed E-state index contributed by atoms with van der Waals surface area (Å²) in [6.07, 6.45) is 1.47. The Morgan fingerprint density at radius 2 is 1.83 bits per heavy atom. The molecule has 0 unspecified atom stereocenters. The zero-order valence-corrected chi connectivity index (χ0v) is 13.8. The highest BCUT2D eigenvalue weighted by molar-refractivity contribution is 5.98. The molecule has 1 aliphatic heterocycles. The van der Waals surface area contributed by atoms with E-state index < -0.39 is 6.04 Å². The van der Waals surface area contributed by atoms with E-state index in [0.29, 0.717) is 12.1 Å². The van der Waals surface area contributed by atoms with E-state index in [1.54, 1.807) is 17.0 Å². The molecule has 6 nitrogen and oxygen atoms in total. The molecule has 0 bridgehead atoms. The van der Waals surface area contributed by atoms with Gasteiger partial charge in [0.1, 0.15) is 6.04 Å². The molecule has 0 aromatic heterocycles. The molecule has 3 amide bonds. The van der Waals surface area contributed by atoms with Crippen LogP contribution in [0.25, 0.3) is 0 Å². The highest BCUT2D eigenvalue weighted by atomic mass is 16.2. The molecule has 1 heterocycles. The molecule has 0 radical (unpaired) electrons. The van der Waals surface area contributed by atoms with E-state index in [9.17, 15) is 14.4 Å². The van der Waals surface area contributed by atoms with Gasteiger partial charge in [0.2, 0.25) is 17.7 Å². The Balaban J connectivity index is 2.03. The highest BCUT2D eigenvalue weighted by Gasteiger charge is 2.24. The first-order valence-electron chi connectivity index (χ1n) is 7.87. The lowest BCUT2D eigenvalue weighted by molar-refractivity contribution is -0.126. The third kappa shape index (κ3) is 4.31. The second kappa shape index (κ2) is 7.26. The topological polar surface area (TPSA) is 78.5 Å². The summed E-state index contributed by atoms with van der Waals surface area (Å²) < 4.78 is 0. The Kier molecular flexibility index (Phi) is 5.36. The lowest BCUT2D eigenvalue weighted by Crippen LogP contribution is -2.46. The average Bonchev–Trinajstić information content (AvgIpc) is 2.91. The van der Waals surface area contributed by atoms with Crippen LogP contribution in [0.5, 0.6) is 0 Å². The molecule has 2 N–H and O–H groups in total. The second-order valence-corrected chi connectivity index (χ2v) is 6.11. The fourth-order valence-electron chi connectivity index (χ4n) is 2.62. The Bertz CT molecular complexity index is 596. The van der Waals surface area contributed by atoms with Gasteiger partial charge in [-0.15, -0.1) is 0 Å². The number of carbonyl (C=O) groups excluding carboxylic acids is 3. The minimum Gasteiger partial charge on any atom is -0.344 e. The molecule has 0 spiro atoms. The number of amides is 3. The van der Waals surface area contributed by atoms with Crippen molar-refractivity contribution in [1.82, 2.24) is 5.32 Å². The van der Waals surface area contributed by atoms with Crippen molar-refractivity contribution in [2.45, 2.75) is 39.7 Å². The van der Waals surface area contributed by atoms with Crippen molar-refractivity contribution < 1.29 is 14.4 Å². The van der Waals surface area contributed by atoms with Gasteiger partial charge in [0.15, 0.2) is 0 Å². The first kappa shape index (κ1) is 17.0. The third-order valence-corrected chi connectivity index (χ3v) is 3.83. The zero-order chi connectivity index (χ0) is 17.0. The normalized spacial score (nSPS) is 15.7. The Hall–Kier alpha value is -2.37. The molecule has 124 valence electrons. The van der Waals surface area contributed by atoms with Crippen molar-refractivity contribution in [1.29, 1.82) is 0 Å². The van der Waals surface area contributed by atoms with Crippen molar-refractivity contribution in [3.63, 3.8) is 0 Å². The lowest BCUT2D eigenvalue weighted by atomic mass is 10.0. The highest BCUT2D eigenvalue weighted by Crippen LogP contribution is 2.23. The van der Waals surface area contributed by atoms with Crippen LogP contribution < -0.4 is 15.5 Å². The van der Waals surface area contributed by atoms with Crippen LogP contribution in [-0.4, -0.2) is 30.3 Å². The number of anilines is 2. The summed E-state index contributed by atoms with van der Waals surface area (Å²) in [7, 11) is 0. The van der Waals surface area contributed by atoms with Gasteiger partial charge in [-0.3, -0.25) is 14.4 Å². The number of carbonyl (C=O) groups is 3. The van der Waals surface area contributed by atoms with Gasteiger partial charge in [-0.05, 0) is 36.6 Å². The fraction of sp³-hybridized carbons (Fsp3) is 0.471. The summed E-state index contributed by atoms with van der Waals surface area (Å²) >= 11 is 0. The lowest BCUT2D eigenvalue weighted by Gasteiger charge is -2.21. The van der Waals surface area contributed by atoms with Crippen molar-refractivity contribution in [2.75, 3.05) is 16.8 Å². The summed E-state index contributed by atoms with van der Waals surface area (Å²) in [6, 6.07) is 6.60. The van der Waals surface area contributed by atoms with E-state index in [1.165, 1.54) is 6.92 Å². The SMILES string of the molecule is CC(=O)N[C@H](C(=O)Nc1ccc(N2CCCC2=O)cc1)C(C)C. The Morgan fingerprint density at radius 1 is 1.17 bits per heavy atom. The van der Waals surface area contributed by atoms with Crippen molar-refractivity contribution >= 4 is 29.1 Å². The largest absolute Gasteiger partial charge is 0.344 e. The van der Waals surface area contributed by atoms with Crippen molar-refractivity contribution in [3.8, 4) is 0 Å². The minimum absolute atomic E-state index is 0.0135. The first-order valence-corrected chi connectivity index (χ1v) is 7.87. The molecule has 2 rings (SSSR count). The maximum Gasteiger partial charge on any atom is 0.247 e. The van der Waals surface area contributed by atoms with Crippen LogP contribution >= 0.6 is 0 Å².